The van der Waals surface area contributed by atoms with E-state index in [4.69, 9.17) is 28.0 Å². The maximum Gasteiger partial charge on any atom is 0.339 e. The van der Waals surface area contributed by atoms with Gasteiger partial charge in [0.05, 0.1) is 13.2 Å². The first-order valence-corrected chi connectivity index (χ1v) is 8.44. The van der Waals surface area contributed by atoms with Crippen molar-refractivity contribution in [3.05, 3.63) is 0 Å². The lowest BCUT2D eigenvalue weighted by atomic mass is 10.2. The molecule has 0 radical (unpaired) electrons. The van der Waals surface area contributed by atoms with Gasteiger partial charge in [0.25, 0.3) is 0 Å². The van der Waals surface area contributed by atoms with Gasteiger partial charge in [0.2, 0.25) is 0 Å². The number of rotatable bonds is 8. The first kappa shape index (κ1) is 20.3. The quantitative estimate of drug-likeness (QED) is 0.366. The molecule has 8 nitrogen and oxygen atoms in total. The Morgan fingerprint density at radius 1 is 0.870 bits per heavy atom. The number of carbonyl (C=O) groups is 2. The Balaban J connectivity index is 2.72. The summed E-state index contributed by atoms with van der Waals surface area (Å²) in [5.41, 5.74) is 0. The minimum Gasteiger partial charge on any atom is -0.461 e. The van der Waals surface area contributed by atoms with Crippen LogP contribution in [-0.2, 0) is 37.6 Å². The zero-order chi connectivity index (χ0) is 17.5. The van der Waals surface area contributed by atoms with Gasteiger partial charge in [-0.25, -0.2) is 9.59 Å². The fourth-order valence-corrected chi connectivity index (χ4v) is 3.09. The summed E-state index contributed by atoms with van der Waals surface area (Å²) >= 11 is 0. The second-order valence-electron chi connectivity index (χ2n) is 5.80. The van der Waals surface area contributed by atoms with Crippen molar-refractivity contribution in [2.75, 3.05) is 40.6 Å². The lowest BCUT2D eigenvalue weighted by Crippen LogP contribution is -2.40. The van der Waals surface area contributed by atoms with Gasteiger partial charge in [-0.3, -0.25) is 0 Å². The van der Waals surface area contributed by atoms with E-state index in [0.717, 1.165) is 0 Å². The van der Waals surface area contributed by atoms with Crippen LogP contribution in [0.2, 0.25) is 0 Å². The topological polar surface area (TPSA) is 89.5 Å². The van der Waals surface area contributed by atoms with Crippen LogP contribution >= 0.6 is 8.38 Å². The third-order valence-corrected chi connectivity index (χ3v) is 4.70. The van der Waals surface area contributed by atoms with Crippen molar-refractivity contribution >= 4 is 20.3 Å². The molecular weight excluding hydrogens is 327 g/mol. The van der Waals surface area contributed by atoms with Crippen LogP contribution in [-0.4, -0.2) is 69.9 Å². The Morgan fingerprint density at radius 2 is 1.26 bits per heavy atom. The molecule has 0 aliphatic carbocycles. The molecule has 0 aromatic rings. The molecule has 0 bridgehead atoms. The molecule has 1 aliphatic rings. The minimum absolute atomic E-state index is 0.0775. The Kier molecular flexibility index (Phi) is 8.36. The fraction of sp³-hybridized carbons (Fsp3) is 0.857. The number of hydrogen-bond acceptors (Lipinski definition) is 8. The van der Waals surface area contributed by atoms with E-state index >= 15 is 0 Å². The number of carbonyl (C=O) groups excluding carboxylic acids is 2. The van der Waals surface area contributed by atoms with Crippen molar-refractivity contribution in [2.45, 2.75) is 38.1 Å². The molecule has 1 rings (SSSR count). The maximum atomic E-state index is 12.1. The average Bonchev–Trinajstić information content (AvgIpc) is 2.93. The van der Waals surface area contributed by atoms with Crippen LogP contribution in [0.1, 0.15) is 20.8 Å². The predicted molar refractivity (Wildman–Crippen MR) is 82.1 cm³/mol. The van der Waals surface area contributed by atoms with Crippen molar-refractivity contribution in [3.63, 3.8) is 0 Å². The van der Waals surface area contributed by atoms with E-state index in [1.54, 1.807) is 0 Å². The Labute approximate surface area is 137 Å². The minimum atomic E-state index is -1.43. The second kappa shape index (κ2) is 9.49. The smallest absolute Gasteiger partial charge is 0.339 e. The summed E-state index contributed by atoms with van der Waals surface area (Å²) in [5, 5.41) is -0.345. The van der Waals surface area contributed by atoms with Crippen LogP contribution in [0.5, 0.6) is 0 Å². The molecule has 9 heteroatoms. The standard InChI is InChI=1S/C14H25O8P/c1-14(2,3)23-21-10(12(15)19-8-6-17-4)11(22-23)13(16)20-9-7-18-5/h10-11H,6-9H2,1-5H3. The Hall–Kier alpha value is -0.790. The predicted octanol–water partition coefficient (Wildman–Crippen LogP) is 1.26. The zero-order valence-electron chi connectivity index (χ0n) is 14.2. The van der Waals surface area contributed by atoms with Gasteiger partial charge in [-0.1, -0.05) is 20.8 Å². The van der Waals surface area contributed by atoms with Gasteiger partial charge < -0.3 is 28.0 Å². The molecule has 2 atom stereocenters. The summed E-state index contributed by atoms with van der Waals surface area (Å²) in [6, 6.07) is 0. The van der Waals surface area contributed by atoms with Gasteiger partial charge in [-0.05, 0) is 0 Å². The number of esters is 2. The van der Waals surface area contributed by atoms with Crippen molar-refractivity contribution in [1.29, 1.82) is 0 Å². The van der Waals surface area contributed by atoms with Crippen LogP contribution in [0.3, 0.4) is 0 Å². The summed E-state index contributed by atoms with van der Waals surface area (Å²) in [6.07, 6.45) is -2.26. The van der Waals surface area contributed by atoms with Crippen LogP contribution in [0.25, 0.3) is 0 Å². The molecule has 1 heterocycles. The molecule has 0 amide bonds. The van der Waals surface area contributed by atoms with E-state index in [0.29, 0.717) is 0 Å². The van der Waals surface area contributed by atoms with Gasteiger partial charge in [0, 0.05) is 19.4 Å². The number of hydrogen-bond donors (Lipinski definition) is 0. The van der Waals surface area contributed by atoms with Gasteiger partial charge in [0.1, 0.15) is 13.2 Å². The molecule has 0 spiro atoms. The molecule has 1 fully saturated rings. The Bertz CT molecular complexity index is 365. The van der Waals surface area contributed by atoms with E-state index in [2.05, 4.69) is 0 Å². The van der Waals surface area contributed by atoms with Crippen LogP contribution < -0.4 is 0 Å². The molecule has 0 N–H and O–H groups in total. The fourth-order valence-electron chi connectivity index (χ4n) is 1.61. The zero-order valence-corrected chi connectivity index (χ0v) is 15.1. The highest BCUT2D eigenvalue weighted by Gasteiger charge is 2.51. The third-order valence-electron chi connectivity index (χ3n) is 2.77. The normalized spacial score (nSPS) is 24.5. The molecule has 1 saturated heterocycles. The van der Waals surface area contributed by atoms with Crippen LogP contribution in [0.15, 0.2) is 0 Å². The maximum absolute atomic E-state index is 12.1. The lowest BCUT2D eigenvalue weighted by molar-refractivity contribution is -0.164. The number of ether oxygens (including phenoxy) is 4. The molecule has 0 aromatic carbocycles. The van der Waals surface area contributed by atoms with Crippen LogP contribution in [0.4, 0.5) is 0 Å². The van der Waals surface area contributed by atoms with Gasteiger partial charge in [-0.15, -0.1) is 0 Å². The van der Waals surface area contributed by atoms with E-state index < -0.39 is 32.5 Å². The lowest BCUT2D eigenvalue weighted by Gasteiger charge is -2.23. The first-order chi connectivity index (χ1) is 10.8. The molecule has 2 unspecified atom stereocenters. The highest BCUT2D eigenvalue weighted by atomic mass is 31.2. The average molecular weight is 352 g/mol. The third kappa shape index (κ3) is 6.31. The highest BCUT2D eigenvalue weighted by Crippen LogP contribution is 2.58. The van der Waals surface area contributed by atoms with E-state index in [-0.39, 0.29) is 31.6 Å². The molecule has 23 heavy (non-hydrogen) atoms. The summed E-state index contributed by atoms with van der Waals surface area (Å²) in [7, 11) is 1.56. The monoisotopic (exact) mass is 352 g/mol. The SMILES string of the molecule is COCCOC(=O)C1OP(C(C)(C)C)OC1C(=O)OCCOC. The van der Waals surface area contributed by atoms with E-state index in [1.807, 2.05) is 20.8 Å². The van der Waals surface area contributed by atoms with Gasteiger partial charge in [0.15, 0.2) is 20.6 Å². The molecule has 134 valence electrons. The molecular formula is C14H25O8P. The molecule has 1 aliphatic heterocycles. The summed E-state index contributed by atoms with van der Waals surface area (Å²) in [5.74, 6) is -1.32. The first-order valence-electron chi connectivity index (χ1n) is 7.26. The van der Waals surface area contributed by atoms with Crippen LogP contribution in [0, 0.1) is 0 Å². The van der Waals surface area contributed by atoms with Crippen molar-refractivity contribution in [3.8, 4) is 0 Å². The molecule has 0 saturated carbocycles. The second-order valence-corrected chi connectivity index (χ2v) is 8.08. The van der Waals surface area contributed by atoms with Crippen molar-refractivity contribution in [2.24, 2.45) is 0 Å². The Morgan fingerprint density at radius 3 is 1.57 bits per heavy atom. The van der Waals surface area contributed by atoms with E-state index in [1.165, 1.54) is 14.2 Å². The summed E-state index contributed by atoms with van der Waals surface area (Å²) < 4.78 is 31.0. The van der Waals surface area contributed by atoms with E-state index in [9.17, 15) is 9.59 Å². The molecule has 0 aromatic heterocycles. The number of methoxy groups -OCH3 is 2. The summed E-state index contributed by atoms with van der Waals surface area (Å²) in [6.45, 7) is 6.40. The largest absolute Gasteiger partial charge is 0.461 e. The van der Waals surface area contributed by atoms with Crippen molar-refractivity contribution in [1.82, 2.24) is 0 Å². The van der Waals surface area contributed by atoms with Gasteiger partial charge >= 0.3 is 11.9 Å². The van der Waals surface area contributed by atoms with Crippen molar-refractivity contribution < 1.29 is 37.6 Å². The highest BCUT2D eigenvalue weighted by molar-refractivity contribution is 7.49. The van der Waals surface area contributed by atoms with Gasteiger partial charge in [-0.2, -0.15) is 0 Å². The summed E-state index contributed by atoms with van der Waals surface area (Å²) in [4.78, 5) is 24.3.